The number of nitrogens with one attached hydrogen (secondary N) is 1. The lowest BCUT2D eigenvalue weighted by molar-refractivity contribution is -0.00414. The molecule has 162 valence electrons. The zero-order chi connectivity index (χ0) is 21.1. The maximum absolute atomic E-state index is 11.8. The lowest BCUT2D eigenvalue weighted by Crippen LogP contribution is -2.54. The largest absolute Gasteiger partial charge is 0.496 e. The van der Waals surface area contributed by atoms with Crippen molar-refractivity contribution in [1.82, 2.24) is 20.0 Å². The van der Waals surface area contributed by atoms with Gasteiger partial charge >= 0.3 is 6.09 Å². The first-order valence-electron chi connectivity index (χ1n) is 10.9. The van der Waals surface area contributed by atoms with E-state index in [2.05, 4.69) is 22.3 Å². The van der Waals surface area contributed by atoms with Gasteiger partial charge in [0.25, 0.3) is 0 Å². The minimum atomic E-state index is -0.302. The van der Waals surface area contributed by atoms with Crippen LogP contribution in [-0.4, -0.2) is 60.2 Å². The number of hydrogen-bond acceptors (Lipinski definition) is 5. The Hall–Kier alpha value is -2.54. The van der Waals surface area contributed by atoms with Crippen LogP contribution in [0.3, 0.4) is 0 Å². The van der Waals surface area contributed by atoms with E-state index in [1.165, 1.54) is 12.1 Å². The third kappa shape index (κ3) is 4.17. The summed E-state index contributed by atoms with van der Waals surface area (Å²) in [7, 11) is 3.73. The molecule has 0 spiro atoms. The van der Waals surface area contributed by atoms with Gasteiger partial charge in [0.2, 0.25) is 0 Å². The maximum Gasteiger partial charge on any atom is 0.407 e. The number of ether oxygens (including phenoxy) is 2. The van der Waals surface area contributed by atoms with Gasteiger partial charge in [-0.15, -0.1) is 0 Å². The van der Waals surface area contributed by atoms with Crippen LogP contribution in [0.1, 0.15) is 37.8 Å². The fourth-order valence-electron chi connectivity index (χ4n) is 4.91. The molecule has 1 unspecified atom stereocenters. The van der Waals surface area contributed by atoms with Crippen LogP contribution in [-0.2, 0) is 11.8 Å². The summed E-state index contributed by atoms with van der Waals surface area (Å²) in [6.45, 7) is 5.22. The summed E-state index contributed by atoms with van der Waals surface area (Å²) in [6, 6.07) is 10.5. The summed E-state index contributed by atoms with van der Waals surface area (Å²) >= 11 is 0. The van der Waals surface area contributed by atoms with Crippen LogP contribution in [0.5, 0.6) is 5.75 Å². The SMILES string of the molecule is CCCNC(=O)OC[C@H]1C[C@@H]2CCN1C[C@@H]2c1cc(-c2ccccc2OC)nn1C. The molecule has 3 aliphatic rings. The van der Waals surface area contributed by atoms with Crippen LogP contribution >= 0.6 is 0 Å². The van der Waals surface area contributed by atoms with E-state index in [0.717, 1.165) is 42.9 Å². The number of para-hydroxylation sites is 1. The summed E-state index contributed by atoms with van der Waals surface area (Å²) in [6.07, 6.45) is 2.85. The van der Waals surface area contributed by atoms with Gasteiger partial charge < -0.3 is 14.8 Å². The average molecular weight is 413 g/mol. The third-order valence-electron chi connectivity index (χ3n) is 6.48. The smallest absolute Gasteiger partial charge is 0.407 e. The molecule has 30 heavy (non-hydrogen) atoms. The molecule has 3 aliphatic heterocycles. The highest BCUT2D eigenvalue weighted by Crippen LogP contribution is 2.43. The molecular weight excluding hydrogens is 380 g/mol. The normalized spacial score (nSPS) is 25.2. The predicted molar refractivity (Wildman–Crippen MR) is 116 cm³/mol. The number of amides is 1. The van der Waals surface area contributed by atoms with Crippen LogP contribution < -0.4 is 10.1 Å². The molecule has 4 atom stereocenters. The van der Waals surface area contributed by atoms with Gasteiger partial charge in [-0.05, 0) is 49.9 Å². The Labute approximate surface area is 178 Å². The standard InChI is InChI=1S/C23H32N4O3/c1-4-10-24-23(28)30-15-17-12-16-9-11-27(17)14-19(16)21-13-20(25-26(21)2)18-7-5-6-8-22(18)29-3/h5-8,13,16-17,19H,4,9-12,14-15H2,1-3H3,(H,24,28)/t16-,17+,19-/m0/s1. The molecule has 1 aromatic heterocycles. The first-order chi connectivity index (χ1) is 14.6. The van der Waals surface area contributed by atoms with Gasteiger partial charge in [0.05, 0.1) is 12.8 Å². The fourth-order valence-corrected chi connectivity index (χ4v) is 4.91. The number of rotatable bonds is 7. The van der Waals surface area contributed by atoms with Crippen molar-refractivity contribution in [3.8, 4) is 17.0 Å². The van der Waals surface area contributed by atoms with Crippen molar-refractivity contribution in [3.05, 3.63) is 36.0 Å². The number of methoxy groups -OCH3 is 1. The Morgan fingerprint density at radius 1 is 1.33 bits per heavy atom. The van der Waals surface area contributed by atoms with E-state index < -0.39 is 0 Å². The van der Waals surface area contributed by atoms with E-state index in [1.54, 1.807) is 7.11 Å². The zero-order valence-corrected chi connectivity index (χ0v) is 18.1. The van der Waals surface area contributed by atoms with Crippen molar-refractivity contribution < 1.29 is 14.3 Å². The highest BCUT2D eigenvalue weighted by atomic mass is 16.5. The van der Waals surface area contributed by atoms with Gasteiger partial charge in [0.15, 0.2) is 0 Å². The number of aryl methyl sites for hydroxylation is 1. The van der Waals surface area contributed by atoms with E-state index in [4.69, 9.17) is 14.6 Å². The van der Waals surface area contributed by atoms with Gasteiger partial charge in [-0.2, -0.15) is 5.10 Å². The second-order valence-electron chi connectivity index (χ2n) is 8.34. The first kappa shape index (κ1) is 20.7. The summed E-state index contributed by atoms with van der Waals surface area (Å²) in [5.41, 5.74) is 3.24. The van der Waals surface area contributed by atoms with Crippen LogP contribution in [0.15, 0.2) is 30.3 Å². The molecule has 1 N–H and O–H groups in total. The molecule has 2 aromatic rings. The number of carbonyl (C=O) groups is 1. The van der Waals surface area contributed by atoms with Crippen molar-refractivity contribution in [2.45, 2.75) is 38.1 Å². The van der Waals surface area contributed by atoms with Crippen LogP contribution in [0, 0.1) is 5.92 Å². The summed E-state index contributed by atoms with van der Waals surface area (Å²) < 4.78 is 13.0. The van der Waals surface area contributed by atoms with Gasteiger partial charge in [-0.25, -0.2) is 4.79 Å². The highest BCUT2D eigenvalue weighted by Gasteiger charge is 2.42. The number of carbonyl (C=O) groups excluding carboxylic acids is 1. The number of fused-ring (bicyclic) bond motifs is 3. The number of aromatic nitrogens is 2. The van der Waals surface area contributed by atoms with Gasteiger partial charge in [-0.1, -0.05) is 19.1 Å². The monoisotopic (exact) mass is 412 g/mol. The van der Waals surface area contributed by atoms with E-state index >= 15 is 0 Å². The fraction of sp³-hybridized carbons (Fsp3) is 0.565. The lowest BCUT2D eigenvalue weighted by Gasteiger charge is -2.49. The quantitative estimate of drug-likeness (QED) is 0.755. The average Bonchev–Trinajstić information content (AvgIpc) is 3.17. The molecule has 4 heterocycles. The summed E-state index contributed by atoms with van der Waals surface area (Å²) in [5.74, 6) is 1.88. The number of hydrogen-bond donors (Lipinski definition) is 1. The van der Waals surface area contributed by atoms with E-state index in [0.29, 0.717) is 31.0 Å². The van der Waals surface area contributed by atoms with Crippen molar-refractivity contribution in [2.24, 2.45) is 13.0 Å². The third-order valence-corrected chi connectivity index (χ3v) is 6.48. The minimum absolute atomic E-state index is 0.302. The van der Waals surface area contributed by atoms with Gasteiger partial charge in [-0.3, -0.25) is 9.58 Å². The van der Waals surface area contributed by atoms with Gasteiger partial charge in [0, 0.05) is 43.4 Å². The Kier molecular flexibility index (Phi) is 6.27. The second kappa shape index (κ2) is 9.08. The van der Waals surface area contributed by atoms with Crippen molar-refractivity contribution in [3.63, 3.8) is 0 Å². The molecule has 1 aromatic carbocycles. The number of piperidine rings is 3. The van der Waals surface area contributed by atoms with E-state index in [1.807, 2.05) is 36.9 Å². The predicted octanol–water partition coefficient (Wildman–Crippen LogP) is 3.41. The molecule has 0 saturated carbocycles. The molecule has 3 saturated heterocycles. The Balaban J connectivity index is 1.44. The van der Waals surface area contributed by atoms with Crippen LogP contribution in [0.2, 0.25) is 0 Å². The number of alkyl carbamates (subject to hydrolysis) is 1. The molecule has 7 nitrogen and oxygen atoms in total. The van der Waals surface area contributed by atoms with Crippen molar-refractivity contribution >= 4 is 6.09 Å². The van der Waals surface area contributed by atoms with Gasteiger partial charge in [0.1, 0.15) is 12.4 Å². The summed E-state index contributed by atoms with van der Waals surface area (Å²) in [4.78, 5) is 14.3. The first-order valence-corrected chi connectivity index (χ1v) is 10.9. The Bertz CT molecular complexity index is 881. The molecule has 1 amide bonds. The molecule has 3 fully saturated rings. The molecule has 5 rings (SSSR count). The topological polar surface area (TPSA) is 68.6 Å². The molecule has 0 radical (unpaired) electrons. The van der Waals surface area contributed by atoms with E-state index in [9.17, 15) is 4.79 Å². The lowest BCUT2D eigenvalue weighted by atomic mass is 9.74. The second-order valence-corrected chi connectivity index (χ2v) is 8.34. The van der Waals surface area contributed by atoms with Crippen molar-refractivity contribution in [1.29, 1.82) is 0 Å². The van der Waals surface area contributed by atoms with Crippen LogP contribution in [0.4, 0.5) is 4.79 Å². The van der Waals surface area contributed by atoms with Crippen molar-refractivity contribution in [2.75, 3.05) is 33.4 Å². The highest BCUT2D eigenvalue weighted by molar-refractivity contribution is 5.67. The summed E-state index contributed by atoms with van der Waals surface area (Å²) in [5, 5.41) is 7.58. The zero-order valence-electron chi connectivity index (χ0n) is 18.1. The van der Waals surface area contributed by atoms with Crippen LogP contribution in [0.25, 0.3) is 11.3 Å². The Morgan fingerprint density at radius 2 is 2.17 bits per heavy atom. The number of nitrogens with zero attached hydrogens (tertiary/aromatic N) is 3. The molecule has 0 aliphatic carbocycles. The van der Waals surface area contributed by atoms with E-state index in [-0.39, 0.29) is 6.09 Å². The number of benzene rings is 1. The molecule has 2 bridgehead atoms. The minimum Gasteiger partial charge on any atom is -0.496 e. The molecular formula is C23H32N4O3. The molecule has 7 heteroatoms. The Morgan fingerprint density at radius 3 is 2.90 bits per heavy atom. The maximum atomic E-state index is 11.8.